The number of nitriles is 1. The van der Waals surface area contributed by atoms with E-state index in [9.17, 15) is 14.4 Å². The Kier molecular flexibility index (Phi) is 3.36. The number of halogens is 1. The van der Waals surface area contributed by atoms with Crippen molar-refractivity contribution in [1.29, 1.82) is 5.26 Å². The average Bonchev–Trinajstić information content (AvgIpc) is 2.89. The fraction of sp³-hybridized carbons (Fsp3) is 0.0588. The lowest BCUT2D eigenvalue weighted by Crippen LogP contribution is -2.10. The van der Waals surface area contributed by atoms with Gasteiger partial charge in [-0.2, -0.15) is 5.26 Å². The Morgan fingerprint density at radius 3 is 2.50 bits per heavy atom. The highest BCUT2D eigenvalue weighted by Gasteiger charge is 2.24. The van der Waals surface area contributed by atoms with E-state index in [2.05, 4.69) is 6.07 Å². The highest BCUT2D eigenvalue weighted by molar-refractivity contribution is 6.02. The van der Waals surface area contributed by atoms with E-state index in [0.29, 0.717) is 16.6 Å². The van der Waals surface area contributed by atoms with E-state index in [-0.39, 0.29) is 17.1 Å². The number of nitrogens with zero attached hydrogens (tertiary/aromatic N) is 2. The van der Waals surface area contributed by atoms with Gasteiger partial charge < -0.3 is 9.30 Å². The fourth-order valence-corrected chi connectivity index (χ4v) is 2.50. The maximum absolute atomic E-state index is 13.2. The molecule has 3 rings (SSSR count). The number of hydrogen-bond acceptors (Lipinski definition) is 3. The molecule has 0 atom stereocenters. The summed E-state index contributed by atoms with van der Waals surface area (Å²) in [6.07, 6.45) is 0. The maximum Gasteiger partial charge on any atom is 0.356 e. The zero-order valence-electron chi connectivity index (χ0n) is 11.7. The monoisotopic (exact) mass is 294 g/mol. The zero-order chi connectivity index (χ0) is 15.7. The van der Waals surface area contributed by atoms with Gasteiger partial charge in [0.05, 0.1) is 18.2 Å². The molecule has 2 aromatic carbocycles. The number of esters is 1. The Balaban J connectivity index is 2.44. The molecule has 5 heteroatoms. The molecule has 0 unspecified atom stereocenters. The number of rotatable bonds is 2. The van der Waals surface area contributed by atoms with Gasteiger partial charge in [0.25, 0.3) is 0 Å². The van der Waals surface area contributed by atoms with Crippen LogP contribution in [0.5, 0.6) is 0 Å². The number of carbonyl (C=O) groups excluding carboxylic acids is 1. The van der Waals surface area contributed by atoms with Crippen molar-refractivity contribution in [2.24, 2.45) is 0 Å². The second-order valence-corrected chi connectivity index (χ2v) is 4.66. The summed E-state index contributed by atoms with van der Waals surface area (Å²) in [5.41, 5.74) is 1.65. The highest BCUT2D eigenvalue weighted by Crippen LogP contribution is 2.29. The quantitative estimate of drug-likeness (QED) is 0.680. The molecule has 22 heavy (non-hydrogen) atoms. The van der Waals surface area contributed by atoms with Crippen LogP contribution < -0.4 is 0 Å². The van der Waals surface area contributed by atoms with Crippen molar-refractivity contribution in [3.63, 3.8) is 0 Å². The van der Waals surface area contributed by atoms with Gasteiger partial charge in [0.2, 0.25) is 0 Å². The van der Waals surface area contributed by atoms with E-state index >= 15 is 0 Å². The van der Waals surface area contributed by atoms with Crippen LogP contribution in [0.25, 0.3) is 16.6 Å². The first kappa shape index (κ1) is 13.8. The summed E-state index contributed by atoms with van der Waals surface area (Å²) < 4.78 is 19.6. The topological polar surface area (TPSA) is 55.0 Å². The molecule has 108 valence electrons. The van der Waals surface area contributed by atoms with Crippen molar-refractivity contribution in [3.8, 4) is 11.8 Å². The second kappa shape index (κ2) is 5.34. The van der Waals surface area contributed by atoms with Gasteiger partial charge in [-0.15, -0.1) is 0 Å². The SMILES string of the molecule is COC(=O)c1c(C#N)c2ccccc2n1-c1ccc(F)cc1. The number of methoxy groups -OCH3 is 1. The third kappa shape index (κ3) is 2.02. The Morgan fingerprint density at radius 2 is 1.86 bits per heavy atom. The number of hydrogen-bond donors (Lipinski definition) is 0. The minimum Gasteiger partial charge on any atom is -0.464 e. The summed E-state index contributed by atoms with van der Waals surface area (Å²) in [7, 11) is 1.26. The molecule has 0 saturated heterocycles. The van der Waals surface area contributed by atoms with E-state index < -0.39 is 5.97 Å². The fourth-order valence-electron chi connectivity index (χ4n) is 2.50. The predicted molar refractivity (Wildman–Crippen MR) is 79.3 cm³/mol. The van der Waals surface area contributed by atoms with Crippen molar-refractivity contribution in [3.05, 3.63) is 65.6 Å². The number of para-hydroxylation sites is 1. The molecule has 0 amide bonds. The molecule has 0 aliphatic heterocycles. The summed E-state index contributed by atoms with van der Waals surface area (Å²) >= 11 is 0. The molecule has 1 aromatic heterocycles. The minimum absolute atomic E-state index is 0.137. The third-order valence-electron chi connectivity index (χ3n) is 3.45. The predicted octanol–water partition coefficient (Wildman–Crippen LogP) is 3.43. The Morgan fingerprint density at radius 1 is 1.18 bits per heavy atom. The second-order valence-electron chi connectivity index (χ2n) is 4.66. The lowest BCUT2D eigenvalue weighted by molar-refractivity contribution is 0.0592. The molecule has 4 nitrogen and oxygen atoms in total. The van der Waals surface area contributed by atoms with Crippen LogP contribution in [0, 0.1) is 17.1 Å². The van der Waals surface area contributed by atoms with Gasteiger partial charge in [-0.3, -0.25) is 0 Å². The average molecular weight is 294 g/mol. The van der Waals surface area contributed by atoms with Crippen LogP contribution in [0.4, 0.5) is 4.39 Å². The molecule has 0 aliphatic carbocycles. The standard InChI is InChI=1S/C17H11FN2O2/c1-22-17(21)16-14(10-19)13-4-2-3-5-15(13)20(16)12-8-6-11(18)7-9-12/h2-9H,1H3. The summed E-state index contributed by atoms with van der Waals surface area (Å²) in [4.78, 5) is 12.2. The molecule has 3 aromatic rings. The van der Waals surface area contributed by atoms with E-state index in [4.69, 9.17) is 4.74 Å². The molecular weight excluding hydrogens is 283 g/mol. The summed E-state index contributed by atoms with van der Waals surface area (Å²) in [6, 6.07) is 14.9. The van der Waals surface area contributed by atoms with E-state index in [1.54, 1.807) is 34.9 Å². The normalized spacial score (nSPS) is 10.4. The van der Waals surface area contributed by atoms with E-state index in [1.807, 2.05) is 6.07 Å². The van der Waals surface area contributed by atoms with Gasteiger partial charge in [-0.25, -0.2) is 9.18 Å². The molecule has 0 saturated carbocycles. The molecule has 0 bridgehead atoms. The van der Waals surface area contributed by atoms with Crippen molar-refractivity contribution in [1.82, 2.24) is 4.57 Å². The number of carbonyl (C=O) groups is 1. The van der Waals surface area contributed by atoms with Crippen molar-refractivity contribution >= 4 is 16.9 Å². The van der Waals surface area contributed by atoms with Gasteiger partial charge in [0.15, 0.2) is 5.69 Å². The molecular formula is C17H11FN2O2. The van der Waals surface area contributed by atoms with Gasteiger partial charge >= 0.3 is 5.97 Å². The van der Waals surface area contributed by atoms with E-state index in [1.165, 1.54) is 19.2 Å². The maximum atomic E-state index is 13.2. The lowest BCUT2D eigenvalue weighted by Gasteiger charge is -2.09. The van der Waals surface area contributed by atoms with E-state index in [0.717, 1.165) is 0 Å². The Hall–Kier alpha value is -3.13. The minimum atomic E-state index is -0.614. The number of benzene rings is 2. The largest absolute Gasteiger partial charge is 0.464 e. The van der Waals surface area contributed by atoms with Crippen LogP contribution in [0.3, 0.4) is 0 Å². The van der Waals surface area contributed by atoms with Crippen molar-refractivity contribution < 1.29 is 13.9 Å². The number of aromatic nitrogens is 1. The van der Waals surface area contributed by atoms with Crippen LogP contribution in [0.15, 0.2) is 48.5 Å². The first-order valence-corrected chi connectivity index (χ1v) is 6.55. The Labute approximate surface area is 126 Å². The van der Waals surface area contributed by atoms with Crippen molar-refractivity contribution in [2.75, 3.05) is 7.11 Å². The first-order chi connectivity index (χ1) is 10.7. The van der Waals surface area contributed by atoms with Crippen LogP contribution in [0.2, 0.25) is 0 Å². The molecule has 1 heterocycles. The summed E-state index contributed by atoms with van der Waals surface area (Å²) in [5, 5.41) is 10.1. The zero-order valence-corrected chi connectivity index (χ0v) is 11.7. The molecule has 0 N–H and O–H groups in total. The third-order valence-corrected chi connectivity index (χ3v) is 3.45. The summed E-state index contributed by atoms with van der Waals surface area (Å²) in [5.74, 6) is -0.989. The van der Waals surface area contributed by atoms with Gasteiger partial charge in [0, 0.05) is 11.1 Å². The van der Waals surface area contributed by atoms with Crippen LogP contribution >= 0.6 is 0 Å². The number of ether oxygens (including phenoxy) is 1. The van der Waals surface area contributed by atoms with Crippen LogP contribution in [0.1, 0.15) is 16.1 Å². The summed E-state index contributed by atoms with van der Waals surface area (Å²) in [6.45, 7) is 0. The van der Waals surface area contributed by atoms with Gasteiger partial charge in [0.1, 0.15) is 11.9 Å². The highest BCUT2D eigenvalue weighted by atomic mass is 19.1. The smallest absolute Gasteiger partial charge is 0.356 e. The van der Waals surface area contributed by atoms with Gasteiger partial charge in [-0.05, 0) is 30.3 Å². The molecule has 0 fully saturated rings. The molecule has 0 radical (unpaired) electrons. The van der Waals surface area contributed by atoms with Crippen LogP contribution in [-0.2, 0) is 4.74 Å². The number of fused-ring (bicyclic) bond motifs is 1. The first-order valence-electron chi connectivity index (χ1n) is 6.55. The molecule has 0 aliphatic rings. The van der Waals surface area contributed by atoms with Crippen LogP contribution in [-0.4, -0.2) is 17.6 Å². The lowest BCUT2D eigenvalue weighted by atomic mass is 10.1. The molecule has 0 spiro atoms. The Bertz CT molecular complexity index is 905. The van der Waals surface area contributed by atoms with Gasteiger partial charge in [-0.1, -0.05) is 18.2 Å². The van der Waals surface area contributed by atoms with Crippen molar-refractivity contribution in [2.45, 2.75) is 0 Å².